The van der Waals surface area contributed by atoms with E-state index in [1.54, 1.807) is 12.1 Å². The van der Waals surface area contributed by atoms with Crippen LogP contribution >= 0.6 is 11.6 Å². The molecule has 2 atom stereocenters. The molecule has 1 heterocycles. The monoisotopic (exact) mass is 221 g/mol. The molecule has 1 amide bonds. The van der Waals surface area contributed by atoms with E-state index in [4.69, 9.17) is 22.6 Å². The van der Waals surface area contributed by atoms with Crippen LogP contribution in [-0.4, -0.2) is 10.9 Å². The van der Waals surface area contributed by atoms with Crippen molar-refractivity contribution in [2.24, 2.45) is 11.7 Å². The largest absolute Gasteiger partial charge is 0.369 e. The van der Waals surface area contributed by atoms with E-state index in [0.29, 0.717) is 22.8 Å². The highest BCUT2D eigenvalue weighted by molar-refractivity contribution is 6.29. The molecular formula is C10H8ClN3O. The lowest BCUT2D eigenvalue weighted by molar-refractivity contribution is -0.119. The molecule has 0 spiro atoms. The lowest BCUT2D eigenvalue weighted by atomic mass is 10.1. The predicted molar refractivity (Wildman–Crippen MR) is 54.0 cm³/mol. The van der Waals surface area contributed by atoms with Crippen LogP contribution < -0.4 is 5.73 Å². The van der Waals surface area contributed by atoms with Crippen LogP contribution in [0.1, 0.15) is 23.6 Å². The summed E-state index contributed by atoms with van der Waals surface area (Å²) in [6.45, 7) is 0. The molecule has 0 aromatic carbocycles. The lowest BCUT2D eigenvalue weighted by Gasteiger charge is -2.01. The maximum absolute atomic E-state index is 10.9. The normalized spacial score (nSPS) is 23.2. The third-order valence-corrected chi connectivity index (χ3v) is 2.73. The first kappa shape index (κ1) is 9.94. The fourth-order valence-electron chi connectivity index (χ4n) is 1.64. The number of carbonyl (C=O) groups excluding carboxylic acids is 1. The van der Waals surface area contributed by atoms with Crippen LogP contribution in [0.3, 0.4) is 0 Å². The van der Waals surface area contributed by atoms with Crippen LogP contribution in [0.2, 0.25) is 5.15 Å². The minimum Gasteiger partial charge on any atom is -0.369 e. The highest BCUT2D eigenvalue weighted by Gasteiger charge is 2.45. The van der Waals surface area contributed by atoms with Gasteiger partial charge in [-0.3, -0.25) is 4.79 Å². The molecule has 1 fully saturated rings. The van der Waals surface area contributed by atoms with Crippen molar-refractivity contribution < 1.29 is 4.79 Å². The maximum atomic E-state index is 10.9. The van der Waals surface area contributed by atoms with Crippen molar-refractivity contribution in [3.63, 3.8) is 0 Å². The Bertz CT molecular complexity index is 466. The first-order valence-corrected chi connectivity index (χ1v) is 4.87. The number of nitriles is 1. The van der Waals surface area contributed by atoms with Crippen molar-refractivity contribution in [3.8, 4) is 6.07 Å². The Morgan fingerprint density at radius 2 is 2.40 bits per heavy atom. The smallest absolute Gasteiger partial charge is 0.221 e. The summed E-state index contributed by atoms with van der Waals surface area (Å²) in [6.07, 6.45) is 0.664. The van der Waals surface area contributed by atoms with Crippen molar-refractivity contribution in [1.82, 2.24) is 4.98 Å². The Hall–Kier alpha value is -1.60. The van der Waals surface area contributed by atoms with E-state index in [1.807, 2.05) is 6.07 Å². The summed E-state index contributed by atoms with van der Waals surface area (Å²) < 4.78 is 0. The van der Waals surface area contributed by atoms with Gasteiger partial charge in [0.25, 0.3) is 0 Å². The Labute approximate surface area is 91.7 Å². The number of aromatic nitrogens is 1. The number of nitrogens with two attached hydrogens (primary N) is 1. The SMILES string of the molecule is N#Cc1ccc(Cl)nc1[C@H]1C[C@@H]1C(N)=O. The quantitative estimate of drug-likeness (QED) is 0.762. The Balaban J connectivity index is 2.33. The first-order valence-electron chi connectivity index (χ1n) is 4.49. The number of nitrogens with zero attached hydrogens (tertiary/aromatic N) is 2. The molecule has 2 rings (SSSR count). The second-order valence-corrected chi connectivity index (χ2v) is 3.92. The van der Waals surface area contributed by atoms with Gasteiger partial charge in [0.2, 0.25) is 5.91 Å². The van der Waals surface area contributed by atoms with Gasteiger partial charge in [-0.25, -0.2) is 4.98 Å². The van der Waals surface area contributed by atoms with Crippen LogP contribution in [0.25, 0.3) is 0 Å². The van der Waals surface area contributed by atoms with Crippen LogP contribution in [0.4, 0.5) is 0 Å². The van der Waals surface area contributed by atoms with Crippen LogP contribution in [-0.2, 0) is 4.79 Å². The van der Waals surface area contributed by atoms with Crippen molar-refractivity contribution >= 4 is 17.5 Å². The van der Waals surface area contributed by atoms with E-state index in [1.165, 1.54) is 0 Å². The Morgan fingerprint density at radius 3 is 2.93 bits per heavy atom. The van der Waals surface area contributed by atoms with E-state index in [2.05, 4.69) is 4.98 Å². The van der Waals surface area contributed by atoms with E-state index in [0.717, 1.165) is 0 Å². The number of rotatable bonds is 2. The van der Waals surface area contributed by atoms with Gasteiger partial charge in [0.1, 0.15) is 11.2 Å². The van der Waals surface area contributed by atoms with Gasteiger partial charge >= 0.3 is 0 Å². The summed E-state index contributed by atoms with van der Waals surface area (Å²) in [7, 11) is 0. The summed E-state index contributed by atoms with van der Waals surface area (Å²) in [6, 6.07) is 5.20. The van der Waals surface area contributed by atoms with Crippen molar-refractivity contribution in [1.29, 1.82) is 5.26 Å². The van der Waals surface area contributed by atoms with Crippen LogP contribution in [0.15, 0.2) is 12.1 Å². The fourth-order valence-corrected chi connectivity index (χ4v) is 1.79. The van der Waals surface area contributed by atoms with Gasteiger partial charge in [-0.1, -0.05) is 11.6 Å². The molecular weight excluding hydrogens is 214 g/mol. The van der Waals surface area contributed by atoms with Gasteiger partial charge in [0, 0.05) is 11.8 Å². The molecule has 76 valence electrons. The average Bonchev–Trinajstić information content (AvgIpc) is 2.97. The maximum Gasteiger partial charge on any atom is 0.221 e. The third-order valence-electron chi connectivity index (χ3n) is 2.52. The standard InChI is InChI=1S/C10H8ClN3O/c11-8-2-1-5(4-12)9(14-8)6-3-7(6)10(13)15/h1-2,6-7H,3H2,(H2,13,15)/t6-,7-/m0/s1. The first-order chi connectivity index (χ1) is 7.13. The molecule has 1 aromatic rings. The summed E-state index contributed by atoms with van der Waals surface area (Å²) in [5.41, 5.74) is 6.23. The van der Waals surface area contributed by atoms with E-state index >= 15 is 0 Å². The molecule has 4 nitrogen and oxygen atoms in total. The zero-order chi connectivity index (χ0) is 11.0. The number of primary amides is 1. The average molecular weight is 222 g/mol. The Morgan fingerprint density at radius 1 is 1.67 bits per heavy atom. The summed E-state index contributed by atoms with van der Waals surface area (Å²) in [5, 5.41) is 9.19. The molecule has 0 saturated heterocycles. The number of hydrogen-bond acceptors (Lipinski definition) is 3. The van der Waals surface area contributed by atoms with Crippen LogP contribution in [0.5, 0.6) is 0 Å². The molecule has 0 unspecified atom stereocenters. The number of amides is 1. The van der Waals surface area contributed by atoms with Gasteiger partial charge < -0.3 is 5.73 Å². The minimum atomic E-state index is -0.342. The minimum absolute atomic E-state index is 0.0316. The summed E-state index contributed by atoms with van der Waals surface area (Å²) in [4.78, 5) is 15.0. The fraction of sp³-hybridized carbons (Fsp3) is 0.300. The zero-order valence-corrected chi connectivity index (χ0v) is 8.53. The third kappa shape index (κ3) is 1.79. The molecule has 1 aliphatic carbocycles. The molecule has 0 bridgehead atoms. The van der Waals surface area contributed by atoms with Crippen molar-refractivity contribution in [2.45, 2.75) is 12.3 Å². The Kier molecular flexibility index (Phi) is 2.33. The molecule has 0 aliphatic heterocycles. The van der Waals surface area contributed by atoms with Crippen molar-refractivity contribution in [3.05, 3.63) is 28.5 Å². The molecule has 1 aliphatic rings. The predicted octanol–water partition coefficient (Wildman–Crippen LogP) is 1.20. The number of pyridine rings is 1. The number of carbonyl (C=O) groups is 1. The lowest BCUT2D eigenvalue weighted by Crippen LogP contribution is -2.14. The number of halogens is 1. The van der Waals surface area contributed by atoms with Gasteiger partial charge in [-0.05, 0) is 18.6 Å². The van der Waals surface area contributed by atoms with E-state index in [9.17, 15) is 4.79 Å². The molecule has 1 aromatic heterocycles. The summed E-state index contributed by atoms with van der Waals surface area (Å²) >= 11 is 5.74. The highest BCUT2D eigenvalue weighted by Crippen LogP contribution is 2.47. The second kappa shape index (κ2) is 3.52. The second-order valence-electron chi connectivity index (χ2n) is 3.53. The summed E-state index contributed by atoms with van der Waals surface area (Å²) in [5.74, 6) is -0.565. The molecule has 0 radical (unpaired) electrons. The highest BCUT2D eigenvalue weighted by atomic mass is 35.5. The van der Waals surface area contributed by atoms with Gasteiger partial charge in [0.15, 0.2) is 0 Å². The molecule has 15 heavy (non-hydrogen) atoms. The van der Waals surface area contributed by atoms with E-state index < -0.39 is 0 Å². The molecule has 5 heteroatoms. The van der Waals surface area contributed by atoms with Crippen molar-refractivity contribution in [2.75, 3.05) is 0 Å². The van der Waals surface area contributed by atoms with Crippen LogP contribution in [0, 0.1) is 17.2 Å². The van der Waals surface area contributed by atoms with E-state index in [-0.39, 0.29) is 17.7 Å². The van der Waals surface area contributed by atoms with Gasteiger partial charge in [-0.2, -0.15) is 5.26 Å². The molecule has 2 N–H and O–H groups in total. The van der Waals surface area contributed by atoms with Gasteiger partial charge in [-0.15, -0.1) is 0 Å². The number of hydrogen-bond donors (Lipinski definition) is 1. The molecule has 1 saturated carbocycles. The van der Waals surface area contributed by atoms with Gasteiger partial charge in [0.05, 0.1) is 11.3 Å². The zero-order valence-electron chi connectivity index (χ0n) is 7.77. The topological polar surface area (TPSA) is 79.8 Å².